The highest BCUT2D eigenvalue weighted by Crippen LogP contribution is 2.18. The summed E-state index contributed by atoms with van der Waals surface area (Å²) >= 11 is -1.17. The molecule has 1 rings (SSSR count). The molecule has 0 fully saturated rings. The van der Waals surface area contributed by atoms with Gasteiger partial charge in [-0.2, -0.15) is 0 Å². The molecule has 0 amide bonds. The molecule has 0 aliphatic carbocycles. The third kappa shape index (κ3) is 6.38. The van der Waals surface area contributed by atoms with Crippen LogP contribution in [-0.4, -0.2) is 28.4 Å². The highest BCUT2D eigenvalue weighted by Gasteiger charge is 2.31. The third-order valence-electron chi connectivity index (χ3n) is 3.40. The summed E-state index contributed by atoms with van der Waals surface area (Å²) in [7, 11) is 1.39. The van der Waals surface area contributed by atoms with Crippen LogP contribution in [0.25, 0.3) is 0 Å². The molecule has 0 aliphatic rings. The maximum Gasteiger partial charge on any atom is 0.308 e. The van der Waals surface area contributed by atoms with Crippen LogP contribution in [-0.2, 0) is 27.3 Å². The molecule has 1 aromatic rings. The number of benzene rings is 1. The van der Waals surface area contributed by atoms with Gasteiger partial charge in [0.1, 0.15) is 4.75 Å². The number of carbonyl (C=O) groups excluding carboxylic acids is 1. The van der Waals surface area contributed by atoms with Crippen molar-refractivity contribution >= 4 is 17.3 Å². The zero-order valence-corrected chi connectivity index (χ0v) is 14.9. The van der Waals surface area contributed by atoms with Crippen molar-refractivity contribution in [3.8, 4) is 0 Å². The second kappa shape index (κ2) is 8.56. The van der Waals surface area contributed by atoms with Crippen molar-refractivity contribution in [3.05, 3.63) is 35.9 Å². The molecule has 22 heavy (non-hydrogen) atoms. The average molecular weight is 325 g/mol. The van der Waals surface area contributed by atoms with E-state index in [0.717, 1.165) is 12.0 Å². The van der Waals surface area contributed by atoms with E-state index in [4.69, 9.17) is 4.74 Å². The van der Waals surface area contributed by atoms with Crippen molar-refractivity contribution in [1.29, 1.82) is 0 Å². The second-order valence-electron chi connectivity index (χ2n) is 6.55. The molecule has 0 spiro atoms. The van der Waals surface area contributed by atoms with Gasteiger partial charge in [0, 0.05) is 11.4 Å². The highest BCUT2D eigenvalue weighted by molar-refractivity contribution is 7.90. The fourth-order valence-corrected chi connectivity index (χ4v) is 2.96. The minimum Gasteiger partial charge on any atom is -0.598 e. The lowest BCUT2D eigenvalue weighted by molar-refractivity contribution is -0.145. The molecular formula is C17H27NO3S. The van der Waals surface area contributed by atoms with Gasteiger partial charge in [-0.15, -0.1) is 4.72 Å². The summed E-state index contributed by atoms with van der Waals surface area (Å²) in [4.78, 5) is 11.7. The van der Waals surface area contributed by atoms with Crippen LogP contribution in [0.4, 0.5) is 0 Å². The third-order valence-corrected chi connectivity index (χ3v) is 5.06. The number of hydrogen-bond donors (Lipinski definition) is 1. The highest BCUT2D eigenvalue weighted by atomic mass is 32.2. The lowest BCUT2D eigenvalue weighted by Crippen LogP contribution is -2.46. The number of esters is 1. The maximum atomic E-state index is 12.4. The van der Waals surface area contributed by atoms with E-state index >= 15 is 0 Å². The summed E-state index contributed by atoms with van der Waals surface area (Å²) in [5.41, 5.74) is 1.16. The average Bonchev–Trinajstić information content (AvgIpc) is 2.46. The number of hydrogen-bond acceptors (Lipinski definition) is 4. The molecule has 1 aromatic carbocycles. The fraction of sp³-hybridized carbons (Fsp3) is 0.588. The molecule has 0 bridgehead atoms. The topological polar surface area (TPSA) is 61.4 Å². The molecule has 5 heteroatoms. The van der Waals surface area contributed by atoms with Gasteiger partial charge in [0.25, 0.3) is 0 Å². The minimum atomic E-state index is -1.17. The lowest BCUT2D eigenvalue weighted by Gasteiger charge is -2.29. The van der Waals surface area contributed by atoms with Crippen molar-refractivity contribution in [3.63, 3.8) is 0 Å². The van der Waals surface area contributed by atoms with Gasteiger partial charge in [-0.25, -0.2) is 0 Å². The van der Waals surface area contributed by atoms with Crippen LogP contribution in [0.2, 0.25) is 0 Å². The van der Waals surface area contributed by atoms with Crippen molar-refractivity contribution in [1.82, 2.24) is 4.72 Å². The first-order valence-electron chi connectivity index (χ1n) is 7.54. The Bertz CT molecular complexity index is 459. The van der Waals surface area contributed by atoms with Crippen LogP contribution in [0.5, 0.6) is 0 Å². The van der Waals surface area contributed by atoms with Crippen LogP contribution >= 0.6 is 0 Å². The Morgan fingerprint density at radius 2 is 1.91 bits per heavy atom. The molecule has 3 atom stereocenters. The molecular weight excluding hydrogens is 298 g/mol. The number of nitrogens with one attached hydrogen (secondary N) is 1. The summed E-state index contributed by atoms with van der Waals surface area (Å²) in [5.74, 6) is -0.468. The molecule has 4 nitrogen and oxygen atoms in total. The minimum absolute atomic E-state index is 0.0449. The van der Waals surface area contributed by atoms with Gasteiger partial charge >= 0.3 is 5.97 Å². The first kappa shape index (κ1) is 19.0. The Labute approximate surface area is 137 Å². The van der Waals surface area contributed by atoms with E-state index in [1.165, 1.54) is 7.11 Å². The van der Waals surface area contributed by atoms with Crippen molar-refractivity contribution in [2.45, 2.75) is 51.3 Å². The van der Waals surface area contributed by atoms with Crippen LogP contribution in [0, 0.1) is 5.92 Å². The molecule has 0 aliphatic heterocycles. The SMILES string of the molecule is COC(=O)C(C)C[C@H](Cc1ccccc1)N[S+]([O-])C(C)(C)C. The first-order valence-corrected chi connectivity index (χ1v) is 8.68. The molecule has 0 aromatic heterocycles. The standard InChI is InChI=1S/C17H27NO3S/c1-13(16(19)21-5)11-15(18-22(20)17(2,3)4)12-14-9-7-6-8-10-14/h6-10,13,15,18H,11-12H2,1-5H3/t13?,15-,22?/m1/s1. The van der Waals surface area contributed by atoms with E-state index in [-0.39, 0.29) is 22.7 Å². The lowest BCUT2D eigenvalue weighted by atomic mass is 9.97. The Morgan fingerprint density at radius 1 is 1.32 bits per heavy atom. The maximum absolute atomic E-state index is 12.4. The molecule has 1 N–H and O–H groups in total. The second-order valence-corrected chi connectivity index (χ2v) is 8.54. The van der Waals surface area contributed by atoms with E-state index in [2.05, 4.69) is 4.72 Å². The summed E-state index contributed by atoms with van der Waals surface area (Å²) in [6.07, 6.45) is 1.31. The van der Waals surface area contributed by atoms with Crippen molar-refractivity contribution in [2.24, 2.45) is 5.92 Å². The fourth-order valence-electron chi connectivity index (χ4n) is 2.12. The normalized spacial score (nSPS) is 15.9. The smallest absolute Gasteiger partial charge is 0.308 e. The van der Waals surface area contributed by atoms with Crippen LogP contribution in [0.15, 0.2) is 30.3 Å². The van der Waals surface area contributed by atoms with E-state index in [0.29, 0.717) is 6.42 Å². The Kier molecular flexibility index (Phi) is 7.39. The molecule has 0 radical (unpaired) electrons. The summed E-state index contributed by atoms with van der Waals surface area (Å²) in [6, 6.07) is 9.97. The van der Waals surface area contributed by atoms with Crippen LogP contribution < -0.4 is 4.72 Å². The van der Waals surface area contributed by atoms with Gasteiger partial charge in [0.2, 0.25) is 0 Å². The molecule has 0 saturated carbocycles. The Morgan fingerprint density at radius 3 is 2.41 bits per heavy atom. The molecule has 2 unspecified atom stereocenters. The summed E-state index contributed by atoms with van der Waals surface area (Å²) in [6.45, 7) is 7.63. The van der Waals surface area contributed by atoms with E-state index in [1.807, 2.05) is 58.0 Å². The van der Waals surface area contributed by atoms with Gasteiger partial charge in [-0.1, -0.05) is 37.3 Å². The van der Waals surface area contributed by atoms with E-state index < -0.39 is 11.4 Å². The summed E-state index contributed by atoms with van der Waals surface area (Å²) < 4.78 is 20.0. The van der Waals surface area contributed by atoms with Crippen LogP contribution in [0.1, 0.15) is 39.7 Å². The van der Waals surface area contributed by atoms with Gasteiger partial charge < -0.3 is 9.29 Å². The Hall–Kier alpha value is -1.04. The zero-order valence-electron chi connectivity index (χ0n) is 14.1. The Balaban J connectivity index is 2.78. The van der Waals surface area contributed by atoms with E-state index in [1.54, 1.807) is 0 Å². The largest absolute Gasteiger partial charge is 0.598 e. The monoisotopic (exact) mass is 325 g/mol. The van der Waals surface area contributed by atoms with Gasteiger partial charge in [0.15, 0.2) is 0 Å². The van der Waals surface area contributed by atoms with Gasteiger partial charge in [0.05, 0.1) is 19.1 Å². The number of carbonyl (C=O) groups is 1. The molecule has 0 heterocycles. The predicted octanol–water partition coefficient (Wildman–Crippen LogP) is 2.85. The number of rotatable bonds is 7. The molecule has 0 saturated heterocycles. The van der Waals surface area contributed by atoms with Crippen molar-refractivity contribution in [2.75, 3.05) is 7.11 Å². The molecule has 124 valence electrons. The van der Waals surface area contributed by atoms with E-state index in [9.17, 15) is 9.35 Å². The van der Waals surface area contributed by atoms with Crippen molar-refractivity contribution < 1.29 is 14.1 Å². The van der Waals surface area contributed by atoms with Crippen LogP contribution in [0.3, 0.4) is 0 Å². The first-order chi connectivity index (χ1) is 10.2. The summed E-state index contributed by atoms with van der Waals surface area (Å²) in [5, 5.41) is 0. The number of ether oxygens (including phenoxy) is 1. The predicted molar refractivity (Wildman–Crippen MR) is 90.8 cm³/mol. The zero-order chi connectivity index (χ0) is 16.8. The quantitative estimate of drug-likeness (QED) is 0.618. The van der Waals surface area contributed by atoms with Gasteiger partial charge in [-0.3, -0.25) is 4.79 Å². The van der Waals surface area contributed by atoms with Gasteiger partial charge in [-0.05, 0) is 39.2 Å². The number of methoxy groups -OCH3 is 1.